The van der Waals surface area contributed by atoms with Gasteiger partial charge in [-0.25, -0.2) is 0 Å². The molecule has 0 fully saturated rings. The highest BCUT2D eigenvalue weighted by Crippen LogP contribution is 2.17. The number of aliphatic hydroxyl groups is 1. The number of likely N-dealkylation sites (N-methyl/N-ethyl adjacent to an activating group) is 1. The summed E-state index contributed by atoms with van der Waals surface area (Å²) in [4.78, 5) is 13.0. The molecule has 1 N–H and O–H groups in total. The molecule has 0 aliphatic rings. The van der Waals surface area contributed by atoms with Gasteiger partial charge in [0.1, 0.15) is 5.75 Å². The van der Waals surface area contributed by atoms with Crippen LogP contribution in [0.4, 0.5) is 0 Å². The Morgan fingerprint density at radius 1 is 1.53 bits per heavy atom. The number of nitrogens with zero attached hydrogens (tertiary/aromatic N) is 1. The van der Waals surface area contributed by atoms with E-state index in [2.05, 4.69) is 15.9 Å². The maximum absolute atomic E-state index is 11.5. The fraction of sp³-hybridized carbons (Fsp3) is 0.417. The first-order chi connectivity index (χ1) is 8.13. The Hall–Kier alpha value is -1.07. The summed E-state index contributed by atoms with van der Waals surface area (Å²) < 4.78 is 6.39. The maximum Gasteiger partial charge on any atom is 0.225 e. The highest BCUT2D eigenvalue weighted by Gasteiger charge is 2.07. The molecule has 0 radical (unpaired) electrons. The standard InChI is InChI=1S/C12H16BrNO3/c1-14(6-7-15)12(16)5-8-17-11-4-2-3-10(13)9-11/h2-4,9,15H,5-8H2,1H3. The minimum absolute atomic E-state index is 0.0191. The van der Waals surface area contributed by atoms with Crippen molar-refractivity contribution in [3.05, 3.63) is 28.7 Å². The summed E-state index contributed by atoms with van der Waals surface area (Å²) in [6.07, 6.45) is 0.309. The van der Waals surface area contributed by atoms with Crippen LogP contribution in [-0.2, 0) is 4.79 Å². The Morgan fingerprint density at radius 3 is 2.94 bits per heavy atom. The van der Waals surface area contributed by atoms with Crippen LogP contribution in [0.25, 0.3) is 0 Å². The van der Waals surface area contributed by atoms with Crippen molar-refractivity contribution in [2.24, 2.45) is 0 Å². The summed E-state index contributed by atoms with van der Waals surface area (Å²) in [7, 11) is 1.66. The third-order valence-electron chi connectivity index (χ3n) is 2.24. The van der Waals surface area contributed by atoms with E-state index >= 15 is 0 Å². The van der Waals surface area contributed by atoms with Crippen LogP contribution in [0.5, 0.6) is 5.75 Å². The molecule has 1 aromatic carbocycles. The number of aliphatic hydroxyl groups excluding tert-OH is 1. The van der Waals surface area contributed by atoms with Gasteiger partial charge in [-0.15, -0.1) is 0 Å². The summed E-state index contributed by atoms with van der Waals surface area (Å²) in [5, 5.41) is 8.69. The molecule has 94 valence electrons. The molecule has 4 nitrogen and oxygen atoms in total. The monoisotopic (exact) mass is 301 g/mol. The number of ether oxygens (including phenoxy) is 1. The Labute approximate surface area is 109 Å². The molecule has 0 spiro atoms. The molecule has 0 saturated carbocycles. The van der Waals surface area contributed by atoms with Crippen molar-refractivity contribution in [2.75, 3.05) is 26.8 Å². The summed E-state index contributed by atoms with van der Waals surface area (Å²) in [5.41, 5.74) is 0. The van der Waals surface area contributed by atoms with Gasteiger partial charge in [-0.3, -0.25) is 4.79 Å². The van der Waals surface area contributed by atoms with E-state index < -0.39 is 0 Å². The van der Waals surface area contributed by atoms with E-state index in [1.54, 1.807) is 7.05 Å². The quantitative estimate of drug-likeness (QED) is 0.869. The Balaban J connectivity index is 2.30. The molecule has 5 heteroatoms. The lowest BCUT2D eigenvalue weighted by molar-refractivity contribution is -0.130. The van der Waals surface area contributed by atoms with Gasteiger partial charge in [0.15, 0.2) is 0 Å². The third kappa shape index (κ3) is 5.19. The molecule has 0 aliphatic heterocycles. The number of rotatable bonds is 6. The van der Waals surface area contributed by atoms with Gasteiger partial charge in [-0.05, 0) is 18.2 Å². The topological polar surface area (TPSA) is 49.8 Å². The minimum Gasteiger partial charge on any atom is -0.493 e. The van der Waals surface area contributed by atoms with Crippen molar-refractivity contribution >= 4 is 21.8 Å². The first kappa shape index (κ1) is 14.0. The first-order valence-electron chi connectivity index (χ1n) is 5.36. The van der Waals surface area contributed by atoms with Gasteiger partial charge in [0, 0.05) is 18.1 Å². The summed E-state index contributed by atoms with van der Waals surface area (Å²) in [6, 6.07) is 7.47. The van der Waals surface area contributed by atoms with Crippen LogP contribution in [0.15, 0.2) is 28.7 Å². The van der Waals surface area contributed by atoms with Crippen LogP contribution < -0.4 is 4.74 Å². The Bertz CT molecular complexity index is 371. The Kier molecular flexibility index (Phi) is 6.00. The smallest absolute Gasteiger partial charge is 0.225 e. The normalized spacial score (nSPS) is 10.1. The molecule has 1 aromatic rings. The number of halogens is 1. The van der Waals surface area contributed by atoms with Crippen molar-refractivity contribution in [1.29, 1.82) is 0 Å². The molecule has 0 aliphatic carbocycles. The van der Waals surface area contributed by atoms with Crippen LogP contribution >= 0.6 is 15.9 Å². The van der Waals surface area contributed by atoms with Crippen LogP contribution in [0, 0.1) is 0 Å². The number of carbonyl (C=O) groups excluding carboxylic acids is 1. The molecule has 0 atom stereocenters. The summed E-state index contributed by atoms with van der Waals surface area (Å²) in [5.74, 6) is 0.700. The van der Waals surface area contributed by atoms with Gasteiger partial charge < -0.3 is 14.7 Å². The predicted octanol–water partition coefficient (Wildman–Crippen LogP) is 1.67. The van der Waals surface area contributed by atoms with E-state index in [1.165, 1.54) is 4.90 Å². The Morgan fingerprint density at radius 2 is 2.29 bits per heavy atom. The van der Waals surface area contributed by atoms with Crippen molar-refractivity contribution in [3.8, 4) is 5.75 Å². The molecule has 17 heavy (non-hydrogen) atoms. The third-order valence-corrected chi connectivity index (χ3v) is 2.74. The second-order valence-electron chi connectivity index (χ2n) is 3.59. The average molecular weight is 302 g/mol. The van der Waals surface area contributed by atoms with Crippen LogP contribution in [-0.4, -0.2) is 42.7 Å². The lowest BCUT2D eigenvalue weighted by Gasteiger charge is -2.15. The lowest BCUT2D eigenvalue weighted by Crippen LogP contribution is -2.30. The number of hydrogen-bond acceptors (Lipinski definition) is 3. The molecule has 0 saturated heterocycles. The highest BCUT2D eigenvalue weighted by atomic mass is 79.9. The fourth-order valence-electron chi connectivity index (χ4n) is 1.28. The van der Waals surface area contributed by atoms with E-state index in [0.29, 0.717) is 19.6 Å². The zero-order valence-electron chi connectivity index (χ0n) is 9.73. The van der Waals surface area contributed by atoms with Gasteiger partial charge in [0.05, 0.1) is 19.6 Å². The van der Waals surface area contributed by atoms with Crippen molar-refractivity contribution in [3.63, 3.8) is 0 Å². The predicted molar refractivity (Wildman–Crippen MR) is 69.0 cm³/mol. The van der Waals surface area contributed by atoms with Gasteiger partial charge in [-0.1, -0.05) is 22.0 Å². The number of carbonyl (C=O) groups is 1. The van der Waals surface area contributed by atoms with Crippen LogP contribution in [0.2, 0.25) is 0 Å². The maximum atomic E-state index is 11.5. The van der Waals surface area contributed by atoms with Crippen LogP contribution in [0.3, 0.4) is 0 Å². The zero-order chi connectivity index (χ0) is 12.7. The molecule has 0 heterocycles. The molecule has 0 unspecified atom stereocenters. The van der Waals surface area contributed by atoms with E-state index in [0.717, 1.165) is 10.2 Å². The molecule has 0 aromatic heterocycles. The minimum atomic E-state index is -0.0333. The van der Waals surface area contributed by atoms with Gasteiger partial charge in [0.25, 0.3) is 0 Å². The van der Waals surface area contributed by atoms with E-state index in [-0.39, 0.29) is 12.5 Å². The second-order valence-corrected chi connectivity index (χ2v) is 4.51. The van der Waals surface area contributed by atoms with E-state index in [1.807, 2.05) is 24.3 Å². The van der Waals surface area contributed by atoms with E-state index in [9.17, 15) is 4.79 Å². The lowest BCUT2D eigenvalue weighted by atomic mass is 10.3. The first-order valence-corrected chi connectivity index (χ1v) is 6.16. The molecular weight excluding hydrogens is 286 g/mol. The number of amides is 1. The van der Waals surface area contributed by atoms with Gasteiger partial charge >= 0.3 is 0 Å². The number of benzene rings is 1. The second kappa shape index (κ2) is 7.29. The van der Waals surface area contributed by atoms with E-state index in [4.69, 9.17) is 9.84 Å². The molecule has 1 amide bonds. The fourth-order valence-corrected chi connectivity index (χ4v) is 1.66. The summed E-state index contributed by atoms with van der Waals surface area (Å²) >= 11 is 3.34. The molecule has 1 rings (SSSR count). The SMILES string of the molecule is CN(CCO)C(=O)CCOc1cccc(Br)c1. The largest absolute Gasteiger partial charge is 0.493 e. The van der Waals surface area contributed by atoms with Gasteiger partial charge in [0.2, 0.25) is 5.91 Å². The average Bonchev–Trinajstić information content (AvgIpc) is 2.29. The molecular formula is C12H16BrNO3. The highest BCUT2D eigenvalue weighted by molar-refractivity contribution is 9.10. The van der Waals surface area contributed by atoms with Crippen molar-refractivity contribution in [2.45, 2.75) is 6.42 Å². The number of hydrogen-bond donors (Lipinski definition) is 1. The van der Waals surface area contributed by atoms with Gasteiger partial charge in [-0.2, -0.15) is 0 Å². The summed E-state index contributed by atoms with van der Waals surface area (Å²) in [6.45, 7) is 0.676. The zero-order valence-corrected chi connectivity index (χ0v) is 11.3. The van der Waals surface area contributed by atoms with Crippen LogP contribution in [0.1, 0.15) is 6.42 Å². The molecule has 0 bridgehead atoms. The van der Waals surface area contributed by atoms with Crippen molar-refractivity contribution < 1.29 is 14.6 Å². The van der Waals surface area contributed by atoms with Crippen molar-refractivity contribution in [1.82, 2.24) is 4.90 Å².